The minimum atomic E-state index is -4.05. The summed E-state index contributed by atoms with van der Waals surface area (Å²) >= 11 is 2.48. The Balaban J connectivity index is 1.81. The van der Waals surface area contributed by atoms with Crippen molar-refractivity contribution in [1.82, 2.24) is 0 Å². The molecule has 7 nitrogen and oxygen atoms in total. The van der Waals surface area contributed by atoms with Crippen molar-refractivity contribution in [3.8, 4) is 11.5 Å². The zero-order valence-corrected chi connectivity index (χ0v) is 17.8. The topological polar surface area (TPSA) is 82.1 Å². The van der Waals surface area contributed by atoms with Crippen LogP contribution in [0, 0.1) is 0 Å². The Kier molecular flexibility index (Phi) is 5.48. The number of ether oxygens (including phenoxy) is 3. The first-order valence-electron chi connectivity index (χ1n) is 8.61. The Morgan fingerprint density at radius 1 is 1.10 bits per heavy atom. The molecule has 0 bridgehead atoms. The van der Waals surface area contributed by atoms with Gasteiger partial charge >= 0.3 is 5.97 Å². The van der Waals surface area contributed by atoms with Crippen molar-refractivity contribution in [2.75, 3.05) is 24.6 Å². The molecule has 0 aliphatic carbocycles. The number of carbonyl (C=O) groups is 1. The number of benzene rings is 1. The normalized spacial score (nSPS) is 13.1. The molecule has 29 heavy (non-hydrogen) atoms. The van der Waals surface area contributed by atoms with Crippen LogP contribution in [-0.4, -0.2) is 34.7 Å². The molecule has 2 aromatic heterocycles. The van der Waals surface area contributed by atoms with E-state index >= 15 is 0 Å². The highest BCUT2D eigenvalue weighted by Gasteiger charge is 2.32. The third-order valence-corrected chi connectivity index (χ3v) is 7.96. The second-order valence-electron chi connectivity index (χ2n) is 6.02. The van der Waals surface area contributed by atoms with Crippen LogP contribution in [0.25, 0.3) is 0 Å². The molecule has 0 N–H and O–H groups in total. The van der Waals surface area contributed by atoms with Crippen molar-refractivity contribution in [3.05, 3.63) is 56.9 Å². The summed E-state index contributed by atoms with van der Waals surface area (Å²) in [7, 11) is -2.82. The summed E-state index contributed by atoms with van der Waals surface area (Å²) in [5, 5.41) is 3.45. The second kappa shape index (κ2) is 8.05. The fourth-order valence-corrected chi connectivity index (χ4v) is 6.43. The number of esters is 1. The Morgan fingerprint density at radius 2 is 1.90 bits per heavy atom. The van der Waals surface area contributed by atoms with Gasteiger partial charge in [0.05, 0.1) is 19.3 Å². The predicted octanol–water partition coefficient (Wildman–Crippen LogP) is 3.76. The molecule has 4 rings (SSSR count). The number of rotatable bonds is 6. The van der Waals surface area contributed by atoms with E-state index in [-0.39, 0.29) is 16.3 Å². The number of hydrogen-bond donors (Lipinski definition) is 0. The first kappa shape index (κ1) is 19.7. The number of hydrogen-bond acceptors (Lipinski definition) is 8. The van der Waals surface area contributed by atoms with E-state index in [0.717, 1.165) is 16.2 Å². The van der Waals surface area contributed by atoms with Crippen molar-refractivity contribution in [2.45, 2.75) is 11.4 Å². The highest BCUT2D eigenvalue weighted by atomic mass is 32.2. The lowest BCUT2D eigenvalue weighted by molar-refractivity contribution is 0.0602. The molecule has 0 unspecified atom stereocenters. The van der Waals surface area contributed by atoms with E-state index in [4.69, 9.17) is 14.2 Å². The van der Waals surface area contributed by atoms with Crippen LogP contribution in [0.5, 0.6) is 11.5 Å². The van der Waals surface area contributed by atoms with E-state index in [1.165, 1.54) is 28.8 Å². The largest absolute Gasteiger partial charge is 0.486 e. The number of fused-ring (bicyclic) bond motifs is 1. The Labute approximate surface area is 176 Å². The minimum Gasteiger partial charge on any atom is -0.486 e. The molecule has 1 aliphatic rings. The zero-order chi connectivity index (χ0) is 20.4. The van der Waals surface area contributed by atoms with Crippen molar-refractivity contribution in [3.63, 3.8) is 0 Å². The first-order valence-corrected chi connectivity index (χ1v) is 11.8. The number of sulfonamides is 1. The van der Waals surface area contributed by atoms with Gasteiger partial charge in [0, 0.05) is 10.9 Å². The van der Waals surface area contributed by atoms with Crippen molar-refractivity contribution in [1.29, 1.82) is 0 Å². The monoisotopic (exact) mass is 451 g/mol. The third-order valence-electron chi connectivity index (χ3n) is 4.26. The number of methoxy groups -OCH3 is 1. The van der Waals surface area contributed by atoms with Gasteiger partial charge in [0.1, 0.15) is 23.0 Å². The molecule has 3 heterocycles. The molecule has 1 aromatic carbocycles. The minimum absolute atomic E-state index is 0.0428. The average molecular weight is 452 g/mol. The van der Waals surface area contributed by atoms with Crippen LogP contribution < -0.4 is 13.8 Å². The van der Waals surface area contributed by atoms with Gasteiger partial charge < -0.3 is 14.2 Å². The van der Waals surface area contributed by atoms with Gasteiger partial charge in [-0.3, -0.25) is 4.31 Å². The summed E-state index contributed by atoms with van der Waals surface area (Å²) in [6.07, 6.45) is 0. The van der Waals surface area contributed by atoms with Gasteiger partial charge in [-0.2, -0.15) is 0 Å². The third kappa shape index (κ3) is 3.83. The van der Waals surface area contributed by atoms with Gasteiger partial charge in [0.15, 0.2) is 11.5 Å². The number of thiophene rings is 2. The molecule has 0 fully saturated rings. The second-order valence-corrected chi connectivity index (χ2v) is 9.80. The molecule has 0 atom stereocenters. The lowest BCUT2D eigenvalue weighted by Gasteiger charge is -2.26. The lowest BCUT2D eigenvalue weighted by Crippen LogP contribution is -2.31. The van der Waals surface area contributed by atoms with Crippen LogP contribution in [0.4, 0.5) is 5.69 Å². The van der Waals surface area contributed by atoms with Crippen molar-refractivity contribution >= 4 is 44.4 Å². The molecule has 0 saturated heterocycles. The average Bonchev–Trinajstić information content (AvgIpc) is 3.43. The van der Waals surface area contributed by atoms with Crippen molar-refractivity contribution in [2.24, 2.45) is 0 Å². The molecular formula is C19H17NO6S3. The number of carbonyl (C=O) groups excluding carboxylic acids is 1. The van der Waals surface area contributed by atoms with E-state index in [1.807, 2.05) is 17.5 Å². The van der Waals surface area contributed by atoms with Crippen LogP contribution in [0.15, 0.2) is 52.1 Å². The SMILES string of the molecule is COC(=O)c1sccc1S(=O)(=O)N(Cc1cccs1)c1ccc2c(c1)OCCO2. The Bertz CT molecular complexity index is 1120. The first-order chi connectivity index (χ1) is 14.0. The summed E-state index contributed by atoms with van der Waals surface area (Å²) < 4.78 is 44.3. The van der Waals surface area contributed by atoms with Crippen LogP contribution in [-0.2, 0) is 21.3 Å². The maximum atomic E-state index is 13.6. The smallest absolute Gasteiger partial charge is 0.349 e. The molecule has 152 valence electrons. The van der Waals surface area contributed by atoms with Crippen LogP contribution in [0.1, 0.15) is 14.5 Å². The van der Waals surface area contributed by atoms with Gasteiger partial charge in [-0.05, 0) is 35.0 Å². The van der Waals surface area contributed by atoms with E-state index in [1.54, 1.807) is 23.6 Å². The molecule has 0 saturated carbocycles. The molecular weight excluding hydrogens is 434 g/mol. The van der Waals surface area contributed by atoms with E-state index < -0.39 is 16.0 Å². The highest BCUT2D eigenvalue weighted by molar-refractivity contribution is 7.93. The summed E-state index contributed by atoms with van der Waals surface area (Å²) in [6, 6.07) is 10.1. The summed E-state index contributed by atoms with van der Waals surface area (Å²) in [5.74, 6) is 0.370. The van der Waals surface area contributed by atoms with E-state index in [9.17, 15) is 13.2 Å². The van der Waals surface area contributed by atoms with Crippen molar-refractivity contribution < 1.29 is 27.4 Å². The molecule has 3 aromatic rings. The van der Waals surface area contributed by atoms with E-state index in [0.29, 0.717) is 30.4 Å². The molecule has 0 spiro atoms. The lowest BCUT2D eigenvalue weighted by atomic mass is 10.2. The molecule has 0 radical (unpaired) electrons. The van der Waals surface area contributed by atoms with Gasteiger partial charge in [0.25, 0.3) is 10.0 Å². The summed E-state index contributed by atoms with van der Waals surface area (Å²) in [5.41, 5.74) is 0.421. The Hall–Kier alpha value is -2.56. The van der Waals surface area contributed by atoms with Gasteiger partial charge in [-0.25, -0.2) is 13.2 Å². The molecule has 10 heteroatoms. The maximum absolute atomic E-state index is 13.6. The fraction of sp³-hybridized carbons (Fsp3) is 0.211. The highest BCUT2D eigenvalue weighted by Crippen LogP contribution is 2.37. The van der Waals surface area contributed by atoms with E-state index in [2.05, 4.69) is 0 Å². The molecule has 0 amide bonds. The van der Waals surface area contributed by atoms with Crippen LogP contribution in [0.2, 0.25) is 0 Å². The van der Waals surface area contributed by atoms with Gasteiger partial charge in [0.2, 0.25) is 0 Å². The fourth-order valence-electron chi connectivity index (χ4n) is 2.91. The van der Waals surface area contributed by atoms with Crippen LogP contribution >= 0.6 is 22.7 Å². The van der Waals surface area contributed by atoms with Gasteiger partial charge in [-0.1, -0.05) is 6.07 Å². The summed E-state index contributed by atoms with van der Waals surface area (Å²) in [4.78, 5) is 12.9. The zero-order valence-electron chi connectivity index (χ0n) is 15.4. The number of nitrogens with zero attached hydrogens (tertiary/aromatic N) is 1. The summed E-state index contributed by atoms with van der Waals surface area (Å²) in [6.45, 7) is 0.961. The van der Waals surface area contributed by atoms with Crippen LogP contribution in [0.3, 0.4) is 0 Å². The quantitative estimate of drug-likeness (QED) is 0.531. The maximum Gasteiger partial charge on any atom is 0.349 e. The predicted molar refractivity (Wildman–Crippen MR) is 111 cm³/mol. The standard InChI is InChI=1S/C19H17NO6S3/c1-24-19(21)18-17(6-10-28-18)29(22,23)20(12-14-3-2-9-27-14)13-4-5-15-16(11-13)26-8-7-25-15/h2-6,9-11H,7-8,12H2,1H3. The molecule has 1 aliphatic heterocycles. The Morgan fingerprint density at radius 3 is 2.62 bits per heavy atom. The van der Waals surface area contributed by atoms with Gasteiger partial charge in [-0.15, -0.1) is 22.7 Å². The number of anilines is 1.